The summed E-state index contributed by atoms with van der Waals surface area (Å²) >= 11 is 0. The molecule has 0 spiro atoms. The van der Waals surface area contributed by atoms with Crippen LogP contribution >= 0.6 is 0 Å². The molecule has 2 heterocycles. The summed E-state index contributed by atoms with van der Waals surface area (Å²) < 4.78 is 6.87. The van der Waals surface area contributed by atoms with Crippen LogP contribution in [0.1, 0.15) is 18.4 Å². The van der Waals surface area contributed by atoms with Crippen LogP contribution in [-0.4, -0.2) is 62.0 Å². The minimum atomic E-state index is -1.46. The summed E-state index contributed by atoms with van der Waals surface area (Å²) in [6, 6.07) is 0. The fraction of sp³-hybridized carbons (Fsp3) is 0.714. The number of ether oxygens (including phenoxy) is 1. The Labute approximate surface area is 131 Å². The first kappa shape index (κ1) is 17.8. The second-order valence-electron chi connectivity index (χ2n) is 5.71. The average Bonchev–Trinajstić information content (AvgIpc) is 2.78. The Balaban J connectivity index is 2.64. The zero-order valence-corrected chi connectivity index (χ0v) is 12.8. The van der Waals surface area contributed by atoms with Crippen LogP contribution in [0, 0.1) is 12.8 Å². The molecule has 23 heavy (non-hydrogen) atoms. The monoisotopic (exact) mass is 330 g/mol. The van der Waals surface area contributed by atoms with Gasteiger partial charge in [0.1, 0.15) is 6.10 Å². The van der Waals surface area contributed by atoms with E-state index in [0.717, 1.165) is 4.57 Å². The summed E-state index contributed by atoms with van der Waals surface area (Å²) in [5, 5.41) is 38.4. The summed E-state index contributed by atoms with van der Waals surface area (Å²) in [6.45, 7) is 0.412. The summed E-state index contributed by atoms with van der Waals surface area (Å²) in [7, 11) is 0. The van der Waals surface area contributed by atoms with Gasteiger partial charge in [0, 0.05) is 37.3 Å². The van der Waals surface area contributed by atoms with Gasteiger partial charge in [-0.3, -0.25) is 14.3 Å². The Kier molecular flexibility index (Phi) is 5.37. The molecular formula is C14H22N2O7. The minimum absolute atomic E-state index is 0.0450. The van der Waals surface area contributed by atoms with Crippen LogP contribution in [0.25, 0.3) is 0 Å². The van der Waals surface area contributed by atoms with Gasteiger partial charge in [0.25, 0.3) is 5.56 Å². The Morgan fingerprint density at radius 3 is 2.57 bits per heavy atom. The van der Waals surface area contributed by atoms with Gasteiger partial charge in [0.05, 0.1) is 12.7 Å². The first-order valence-corrected chi connectivity index (χ1v) is 7.42. The molecule has 2 rings (SSSR count). The van der Waals surface area contributed by atoms with Gasteiger partial charge in [-0.15, -0.1) is 0 Å². The lowest BCUT2D eigenvalue weighted by Crippen LogP contribution is -2.50. The number of hydrogen-bond donors (Lipinski definition) is 5. The van der Waals surface area contributed by atoms with Crippen molar-refractivity contribution in [3.8, 4) is 0 Å². The Morgan fingerprint density at radius 2 is 2.00 bits per heavy atom. The second kappa shape index (κ2) is 6.93. The number of aliphatic hydroxyl groups excluding tert-OH is 4. The first-order valence-electron chi connectivity index (χ1n) is 7.42. The first-order chi connectivity index (χ1) is 10.9. The molecule has 9 heteroatoms. The normalized spacial score (nSPS) is 30.7. The highest BCUT2D eigenvalue weighted by molar-refractivity contribution is 5.07. The summed E-state index contributed by atoms with van der Waals surface area (Å²) in [5.74, 6) is -0.736. The third-order valence-electron chi connectivity index (χ3n) is 4.35. The quantitative estimate of drug-likeness (QED) is 0.392. The van der Waals surface area contributed by atoms with Crippen molar-refractivity contribution in [2.75, 3.05) is 19.8 Å². The van der Waals surface area contributed by atoms with E-state index in [-0.39, 0.29) is 31.6 Å². The van der Waals surface area contributed by atoms with Crippen molar-refractivity contribution in [2.45, 2.75) is 37.7 Å². The molecule has 1 saturated heterocycles. The molecule has 1 aromatic heterocycles. The SMILES string of the molecule is Cc1cn([C@]2(CCO)O[C@H](CO)[C@@H](O)C2CCO)c(=O)[nH]c1=O. The second-order valence-corrected chi connectivity index (χ2v) is 5.71. The number of nitrogens with zero attached hydrogens (tertiary/aromatic N) is 1. The average molecular weight is 330 g/mol. The van der Waals surface area contributed by atoms with Crippen LogP contribution in [0.3, 0.4) is 0 Å². The van der Waals surface area contributed by atoms with Crippen molar-refractivity contribution >= 4 is 0 Å². The minimum Gasteiger partial charge on any atom is -0.396 e. The van der Waals surface area contributed by atoms with Crippen molar-refractivity contribution < 1.29 is 25.2 Å². The number of aliphatic hydroxyl groups is 4. The molecule has 1 aliphatic rings. The number of H-pyrrole nitrogens is 1. The number of hydrogen-bond acceptors (Lipinski definition) is 7. The van der Waals surface area contributed by atoms with Gasteiger partial charge >= 0.3 is 5.69 Å². The van der Waals surface area contributed by atoms with Gasteiger partial charge in [-0.25, -0.2) is 4.79 Å². The van der Waals surface area contributed by atoms with E-state index >= 15 is 0 Å². The van der Waals surface area contributed by atoms with Crippen molar-refractivity contribution in [3.63, 3.8) is 0 Å². The van der Waals surface area contributed by atoms with Crippen LogP contribution in [-0.2, 0) is 10.5 Å². The van der Waals surface area contributed by atoms with E-state index in [9.17, 15) is 30.0 Å². The number of rotatable bonds is 6. The topological polar surface area (TPSA) is 145 Å². The van der Waals surface area contributed by atoms with E-state index in [4.69, 9.17) is 4.74 Å². The number of aromatic nitrogens is 2. The van der Waals surface area contributed by atoms with E-state index in [1.807, 2.05) is 0 Å². The molecule has 1 unspecified atom stereocenters. The van der Waals surface area contributed by atoms with E-state index < -0.39 is 41.7 Å². The van der Waals surface area contributed by atoms with Crippen LogP contribution < -0.4 is 11.2 Å². The third kappa shape index (κ3) is 2.98. The number of aromatic amines is 1. The zero-order valence-electron chi connectivity index (χ0n) is 12.8. The van der Waals surface area contributed by atoms with Gasteiger partial charge < -0.3 is 25.2 Å². The summed E-state index contributed by atoms with van der Waals surface area (Å²) in [6.07, 6.45) is -0.734. The molecule has 1 aliphatic heterocycles. The lowest BCUT2D eigenvalue weighted by atomic mass is 9.86. The summed E-state index contributed by atoms with van der Waals surface area (Å²) in [4.78, 5) is 26.0. The van der Waals surface area contributed by atoms with Crippen LogP contribution in [0.4, 0.5) is 0 Å². The maximum Gasteiger partial charge on any atom is 0.330 e. The molecule has 0 aliphatic carbocycles. The fourth-order valence-electron chi connectivity index (χ4n) is 3.23. The van der Waals surface area contributed by atoms with Gasteiger partial charge in [-0.2, -0.15) is 0 Å². The molecule has 5 N–H and O–H groups in total. The molecule has 0 radical (unpaired) electrons. The lowest BCUT2D eigenvalue weighted by molar-refractivity contribution is -0.145. The highest BCUT2D eigenvalue weighted by Crippen LogP contribution is 2.43. The number of aryl methyl sites for hydroxylation is 1. The van der Waals surface area contributed by atoms with Gasteiger partial charge in [-0.1, -0.05) is 0 Å². The predicted molar refractivity (Wildman–Crippen MR) is 78.9 cm³/mol. The maximum atomic E-state index is 12.2. The van der Waals surface area contributed by atoms with E-state index in [1.54, 1.807) is 0 Å². The van der Waals surface area contributed by atoms with Crippen molar-refractivity contribution in [3.05, 3.63) is 32.6 Å². The third-order valence-corrected chi connectivity index (χ3v) is 4.35. The Bertz CT molecular complexity index is 655. The van der Waals surface area contributed by atoms with Gasteiger partial charge in [-0.05, 0) is 13.3 Å². The highest BCUT2D eigenvalue weighted by Gasteiger charge is 2.55. The smallest absolute Gasteiger partial charge is 0.330 e. The Hall–Kier alpha value is -1.52. The largest absolute Gasteiger partial charge is 0.396 e. The van der Waals surface area contributed by atoms with Crippen molar-refractivity contribution in [1.82, 2.24) is 9.55 Å². The highest BCUT2D eigenvalue weighted by atomic mass is 16.6. The van der Waals surface area contributed by atoms with Crippen LogP contribution in [0.2, 0.25) is 0 Å². The van der Waals surface area contributed by atoms with E-state index in [2.05, 4.69) is 4.98 Å². The zero-order chi connectivity index (χ0) is 17.2. The standard InChI is InChI=1S/C14H22N2O7/c1-8-6-16(13(22)15-12(8)21)14(3-5-18)9(2-4-17)11(20)10(7-19)23-14/h6,9-11,17-20H,2-5,7H2,1H3,(H,15,21,22)/t9?,10-,11+,14-/m1/s1. The van der Waals surface area contributed by atoms with Crippen LogP contribution in [0.5, 0.6) is 0 Å². The molecule has 9 nitrogen and oxygen atoms in total. The van der Waals surface area contributed by atoms with E-state index in [1.165, 1.54) is 13.1 Å². The van der Waals surface area contributed by atoms with Gasteiger partial charge in [0.15, 0.2) is 5.72 Å². The molecule has 0 saturated carbocycles. The molecule has 1 fully saturated rings. The molecular weight excluding hydrogens is 308 g/mol. The number of nitrogens with one attached hydrogen (secondary N) is 1. The molecule has 130 valence electrons. The molecule has 0 aromatic carbocycles. The molecule has 1 aromatic rings. The van der Waals surface area contributed by atoms with Crippen molar-refractivity contribution in [1.29, 1.82) is 0 Å². The maximum absolute atomic E-state index is 12.2. The Morgan fingerprint density at radius 1 is 1.30 bits per heavy atom. The molecule has 0 amide bonds. The van der Waals surface area contributed by atoms with Crippen LogP contribution in [0.15, 0.2) is 15.8 Å². The van der Waals surface area contributed by atoms with E-state index in [0.29, 0.717) is 0 Å². The van der Waals surface area contributed by atoms with Gasteiger partial charge in [0.2, 0.25) is 0 Å². The molecule has 4 atom stereocenters. The molecule has 0 bridgehead atoms. The summed E-state index contributed by atoms with van der Waals surface area (Å²) in [5.41, 5.74) is -2.49. The lowest BCUT2D eigenvalue weighted by Gasteiger charge is -2.36. The fourth-order valence-corrected chi connectivity index (χ4v) is 3.23. The van der Waals surface area contributed by atoms with Crippen molar-refractivity contribution in [2.24, 2.45) is 5.92 Å². The predicted octanol–water partition coefficient (Wildman–Crippen LogP) is -2.37.